The summed E-state index contributed by atoms with van der Waals surface area (Å²) < 4.78 is 0. The highest BCUT2D eigenvalue weighted by molar-refractivity contribution is 6.02. The van der Waals surface area contributed by atoms with E-state index in [0.29, 0.717) is 0 Å². The zero-order chi connectivity index (χ0) is 14.8. The highest BCUT2D eigenvalue weighted by Crippen LogP contribution is 2.37. The lowest BCUT2D eigenvalue weighted by Gasteiger charge is -2.26. The Morgan fingerprint density at radius 2 is 1.09 bits per heavy atom. The molecule has 106 valence electrons. The first-order valence-corrected chi connectivity index (χ1v) is 7.40. The number of benzene rings is 3. The van der Waals surface area contributed by atoms with Gasteiger partial charge in [-0.15, -0.1) is 0 Å². The predicted octanol–water partition coefficient (Wildman–Crippen LogP) is 4.53. The normalized spacial score (nSPS) is 13.1. The average molecular weight is 284 g/mol. The Morgan fingerprint density at radius 1 is 0.500 bits per heavy atom. The van der Waals surface area contributed by atoms with Crippen molar-refractivity contribution in [3.63, 3.8) is 0 Å². The Hall–Kier alpha value is -3.00. The van der Waals surface area contributed by atoms with Gasteiger partial charge in [0.25, 0.3) is 0 Å². The number of para-hydroxylation sites is 1. The van der Waals surface area contributed by atoms with Crippen molar-refractivity contribution in [1.82, 2.24) is 5.43 Å². The molecule has 1 heterocycles. The Kier molecular flexibility index (Phi) is 3.13. The molecule has 4 rings (SSSR count). The van der Waals surface area contributed by atoms with Crippen LogP contribution in [-0.2, 0) is 0 Å². The van der Waals surface area contributed by atoms with Crippen molar-refractivity contribution in [2.45, 2.75) is 0 Å². The minimum absolute atomic E-state index is 1.10. The van der Waals surface area contributed by atoms with Gasteiger partial charge in [0, 0.05) is 16.7 Å². The largest absolute Gasteiger partial charge is 0.300 e. The maximum absolute atomic E-state index is 3.37. The molecule has 0 aliphatic carbocycles. The summed E-state index contributed by atoms with van der Waals surface area (Å²) in [5, 5.41) is 0. The van der Waals surface area contributed by atoms with E-state index in [9.17, 15) is 0 Å². The second-order valence-corrected chi connectivity index (χ2v) is 5.28. The molecular weight excluding hydrogens is 268 g/mol. The first kappa shape index (κ1) is 12.7. The van der Waals surface area contributed by atoms with Gasteiger partial charge < -0.3 is 5.43 Å². The Balaban J connectivity index is 2.00. The molecule has 0 atom stereocenters. The zero-order valence-electron chi connectivity index (χ0n) is 12.1. The van der Waals surface area contributed by atoms with Gasteiger partial charge in [0.15, 0.2) is 0 Å². The summed E-state index contributed by atoms with van der Waals surface area (Å²) in [7, 11) is 0. The lowest BCUT2D eigenvalue weighted by Crippen LogP contribution is -2.26. The number of hydrazine groups is 1. The van der Waals surface area contributed by atoms with Crippen LogP contribution in [0.2, 0.25) is 0 Å². The zero-order valence-corrected chi connectivity index (χ0v) is 12.1. The van der Waals surface area contributed by atoms with Crippen LogP contribution in [0.4, 0.5) is 5.69 Å². The van der Waals surface area contributed by atoms with E-state index < -0.39 is 0 Å². The van der Waals surface area contributed by atoms with E-state index in [0.717, 1.165) is 11.4 Å². The van der Waals surface area contributed by atoms with Crippen LogP contribution < -0.4 is 10.9 Å². The molecule has 0 aromatic heterocycles. The molecule has 3 aromatic carbocycles. The quantitative estimate of drug-likeness (QED) is 0.722. The van der Waals surface area contributed by atoms with Crippen molar-refractivity contribution < 1.29 is 0 Å². The molecule has 1 aliphatic rings. The van der Waals surface area contributed by atoms with E-state index in [1.165, 1.54) is 22.3 Å². The highest BCUT2D eigenvalue weighted by atomic mass is 15.4. The minimum Gasteiger partial charge on any atom is -0.300 e. The van der Waals surface area contributed by atoms with Gasteiger partial charge in [-0.25, -0.2) is 0 Å². The molecule has 0 unspecified atom stereocenters. The first-order valence-electron chi connectivity index (χ1n) is 7.40. The second-order valence-electron chi connectivity index (χ2n) is 5.28. The number of rotatable bonds is 2. The fourth-order valence-electron chi connectivity index (χ4n) is 2.86. The fourth-order valence-corrected chi connectivity index (χ4v) is 2.86. The van der Waals surface area contributed by atoms with Gasteiger partial charge in [-0.1, -0.05) is 78.9 Å². The van der Waals surface area contributed by atoms with Gasteiger partial charge in [0.2, 0.25) is 0 Å². The molecule has 22 heavy (non-hydrogen) atoms. The number of anilines is 1. The molecule has 1 aliphatic heterocycles. The average Bonchev–Trinajstić information content (AvgIpc) is 2.62. The lowest BCUT2D eigenvalue weighted by molar-refractivity contribution is 1.06. The van der Waals surface area contributed by atoms with Crippen molar-refractivity contribution in [3.8, 4) is 0 Å². The molecule has 2 N–H and O–H groups in total. The van der Waals surface area contributed by atoms with Crippen LogP contribution in [0.3, 0.4) is 0 Å². The summed E-state index contributed by atoms with van der Waals surface area (Å²) in [4.78, 5) is 0. The molecular formula is C20H16N2. The molecule has 0 saturated heterocycles. The summed E-state index contributed by atoms with van der Waals surface area (Å²) in [5.41, 5.74) is 13.7. The fraction of sp³-hybridized carbons (Fsp3) is 0. The SMILES string of the molecule is c1ccc(C2=C(c3ccccc3)c3ccccc3NN2)cc1. The molecule has 0 radical (unpaired) electrons. The third-order valence-corrected chi connectivity index (χ3v) is 3.89. The predicted molar refractivity (Wildman–Crippen MR) is 92.0 cm³/mol. The molecule has 2 nitrogen and oxygen atoms in total. The van der Waals surface area contributed by atoms with Gasteiger partial charge in [-0.3, -0.25) is 5.43 Å². The van der Waals surface area contributed by atoms with Crippen LogP contribution in [0.1, 0.15) is 16.7 Å². The molecule has 0 saturated carbocycles. The van der Waals surface area contributed by atoms with Crippen LogP contribution in [0, 0.1) is 0 Å². The maximum Gasteiger partial charge on any atom is 0.0697 e. The highest BCUT2D eigenvalue weighted by Gasteiger charge is 2.20. The summed E-state index contributed by atoms with van der Waals surface area (Å²) in [5.74, 6) is 0. The van der Waals surface area contributed by atoms with Crippen molar-refractivity contribution >= 4 is 17.0 Å². The molecule has 0 fully saturated rings. The lowest BCUT2D eigenvalue weighted by atomic mass is 9.91. The molecule has 3 aromatic rings. The minimum atomic E-state index is 1.10. The first-order chi connectivity index (χ1) is 10.9. The van der Waals surface area contributed by atoms with E-state index in [1.54, 1.807) is 0 Å². The molecule has 2 heteroatoms. The van der Waals surface area contributed by atoms with Crippen LogP contribution in [0.25, 0.3) is 11.3 Å². The number of hydrogen-bond acceptors (Lipinski definition) is 2. The number of nitrogens with one attached hydrogen (secondary N) is 2. The van der Waals surface area contributed by atoms with Crippen molar-refractivity contribution in [2.75, 3.05) is 5.43 Å². The summed E-state index contributed by atoms with van der Waals surface area (Å²) >= 11 is 0. The smallest absolute Gasteiger partial charge is 0.0697 e. The van der Waals surface area contributed by atoms with Crippen molar-refractivity contribution in [2.24, 2.45) is 0 Å². The van der Waals surface area contributed by atoms with Crippen LogP contribution in [0.5, 0.6) is 0 Å². The maximum atomic E-state index is 3.37. The third kappa shape index (κ3) is 2.15. The second kappa shape index (κ2) is 5.41. The third-order valence-electron chi connectivity index (χ3n) is 3.89. The van der Waals surface area contributed by atoms with E-state index in [-0.39, 0.29) is 0 Å². The molecule has 0 bridgehead atoms. The van der Waals surface area contributed by atoms with Gasteiger partial charge in [0.1, 0.15) is 0 Å². The van der Waals surface area contributed by atoms with E-state index >= 15 is 0 Å². The monoisotopic (exact) mass is 284 g/mol. The van der Waals surface area contributed by atoms with Gasteiger partial charge in [-0.2, -0.15) is 0 Å². The Labute approximate surface area is 130 Å². The van der Waals surface area contributed by atoms with Crippen LogP contribution in [-0.4, -0.2) is 0 Å². The topological polar surface area (TPSA) is 24.1 Å². The van der Waals surface area contributed by atoms with E-state index in [2.05, 4.69) is 77.6 Å². The van der Waals surface area contributed by atoms with Crippen molar-refractivity contribution in [1.29, 1.82) is 0 Å². The van der Waals surface area contributed by atoms with E-state index in [4.69, 9.17) is 0 Å². The summed E-state index contributed by atoms with van der Waals surface area (Å²) in [6.07, 6.45) is 0. The summed E-state index contributed by atoms with van der Waals surface area (Å²) in [6, 6.07) is 29.3. The standard InChI is InChI=1S/C20H16N2/c1-3-9-15(10-4-1)19-17-13-7-8-14-18(17)21-22-20(19)16-11-5-2-6-12-16/h1-14,21-22H. The van der Waals surface area contributed by atoms with Gasteiger partial charge in [-0.05, 0) is 11.6 Å². The number of hydrogen-bond donors (Lipinski definition) is 2. The van der Waals surface area contributed by atoms with E-state index in [1.807, 2.05) is 18.2 Å². The van der Waals surface area contributed by atoms with Gasteiger partial charge in [0.05, 0.1) is 11.4 Å². The van der Waals surface area contributed by atoms with Gasteiger partial charge >= 0.3 is 0 Å². The Morgan fingerprint density at radius 3 is 1.82 bits per heavy atom. The Bertz CT molecular complexity index is 821. The number of fused-ring (bicyclic) bond motifs is 1. The summed E-state index contributed by atoms with van der Waals surface area (Å²) in [6.45, 7) is 0. The van der Waals surface area contributed by atoms with Crippen LogP contribution in [0.15, 0.2) is 84.9 Å². The molecule has 0 spiro atoms. The van der Waals surface area contributed by atoms with Crippen LogP contribution >= 0.6 is 0 Å². The van der Waals surface area contributed by atoms with Crippen molar-refractivity contribution in [3.05, 3.63) is 102 Å². The molecule has 0 amide bonds.